The molecule has 0 aliphatic carbocycles. The molecule has 0 amide bonds. The highest BCUT2D eigenvalue weighted by molar-refractivity contribution is 7.99. The second-order valence-electron chi connectivity index (χ2n) is 3.66. The van der Waals surface area contributed by atoms with Crippen molar-refractivity contribution in [2.45, 2.75) is 25.9 Å². The molecule has 15 heavy (non-hydrogen) atoms. The Labute approximate surface area is 97.3 Å². The third-order valence-corrected chi connectivity index (χ3v) is 3.48. The van der Waals surface area contributed by atoms with Crippen molar-refractivity contribution in [1.29, 1.82) is 0 Å². The summed E-state index contributed by atoms with van der Waals surface area (Å²) in [5.74, 6) is 2.33. The van der Waals surface area contributed by atoms with E-state index in [4.69, 9.17) is 9.47 Å². The molecule has 1 atom stereocenters. The largest absolute Gasteiger partial charge is 0.380 e. The van der Waals surface area contributed by atoms with Gasteiger partial charge in [-0.15, -0.1) is 0 Å². The summed E-state index contributed by atoms with van der Waals surface area (Å²) >= 11 is 1.99. The molecule has 1 saturated heterocycles. The Kier molecular flexibility index (Phi) is 8.38. The van der Waals surface area contributed by atoms with Gasteiger partial charge < -0.3 is 14.8 Å². The first-order valence-electron chi connectivity index (χ1n) is 5.91. The molecule has 1 unspecified atom stereocenters. The van der Waals surface area contributed by atoms with Gasteiger partial charge in [-0.1, -0.05) is 0 Å². The van der Waals surface area contributed by atoms with E-state index in [1.807, 2.05) is 18.7 Å². The fourth-order valence-corrected chi connectivity index (χ4v) is 2.53. The van der Waals surface area contributed by atoms with Gasteiger partial charge in [-0.3, -0.25) is 0 Å². The van der Waals surface area contributed by atoms with Crippen LogP contribution >= 0.6 is 11.8 Å². The average molecular weight is 233 g/mol. The highest BCUT2D eigenvalue weighted by atomic mass is 32.2. The molecule has 0 radical (unpaired) electrons. The van der Waals surface area contributed by atoms with Crippen molar-refractivity contribution in [2.24, 2.45) is 0 Å². The number of ether oxygens (including phenoxy) is 2. The molecule has 1 aliphatic rings. The Morgan fingerprint density at radius 2 is 2.40 bits per heavy atom. The average Bonchev–Trinajstić information content (AvgIpc) is 2.75. The van der Waals surface area contributed by atoms with E-state index in [2.05, 4.69) is 5.32 Å². The van der Waals surface area contributed by atoms with Crippen LogP contribution < -0.4 is 5.32 Å². The molecule has 0 aromatic carbocycles. The number of thioether (sulfide) groups is 1. The summed E-state index contributed by atoms with van der Waals surface area (Å²) < 4.78 is 10.8. The van der Waals surface area contributed by atoms with Crippen LogP contribution in [0.25, 0.3) is 0 Å². The fraction of sp³-hybridized carbons (Fsp3) is 1.00. The molecule has 1 fully saturated rings. The third kappa shape index (κ3) is 7.17. The smallest absolute Gasteiger partial charge is 0.0666 e. The summed E-state index contributed by atoms with van der Waals surface area (Å²) in [5.41, 5.74) is 0. The minimum absolute atomic E-state index is 0.526. The fourth-order valence-electron chi connectivity index (χ4n) is 1.55. The minimum Gasteiger partial charge on any atom is -0.380 e. The molecule has 4 heteroatoms. The van der Waals surface area contributed by atoms with E-state index < -0.39 is 0 Å². The zero-order valence-electron chi connectivity index (χ0n) is 9.67. The monoisotopic (exact) mass is 233 g/mol. The Balaban J connectivity index is 1.73. The maximum absolute atomic E-state index is 5.55. The lowest BCUT2D eigenvalue weighted by molar-refractivity contribution is 0.129. The predicted octanol–water partition coefficient (Wildman–Crippen LogP) is 1.52. The van der Waals surface area contributed by atoms with Gasteiger partial charge >= 0.3 is 0 Å². The molecule has 0 saturated carbocycles. The molecule has 0 aromatic heterocycles. The van der Waals surface area contributed by atoms with Gasteiger partial charge in [0, 0.05) is 37.8 Å². The van der Waals surface area contributed by atoms with Gasteiger partial charge in [0.1, 0.15) is 0 Å². The van der Waals surface area contributed by atoms with Crippen molar-refractivity contribution in [3.8, 4) is 0 Å². The maximum atomic E-state index is 5.55. The van der Waals surface area contributed by atoms with Crippen molar-refractivity contribution in [2.75, 3.05) is 44.4 Å². The van der Waals surface area contributed by atoms with Crippen LogP contribution in [0.4, 0.5) is 0 Å². The molecular formula is C11H23NO2S. The van der Waals surface area contributed by atoms with E-state index in [1.165, 1.54) is 18.6 Å². The highest BCUT2D eigenvalue weighted by Crippen LogP contribution is 2.16. The van der Waals surface area contributed by atoms with Crippen LogP contribution in [0.2, 0.25) is 0 Å². The van der Waals surface area contributed by atoms with Crippen LogP contribution in [0.3, 0.4) is 0 Å². The highest BCUT2D eigenvalue weighted by Gasteiger charge is 2.14. The van der Waals surface area contributed by atoms with Gasteiger partial charge in [0.25, 0.3) is 0 Å². The van der Waals surface area contributed by atoms with Crippen LogP contribution in [-0.2, 0) is 9.47 Å². The molecule has 90 valence electrons. The number of hydrogen-bond donors (Lipinski definition) is 1. The van der Waals surface area contributed by atoms with Crippen LogP contribution in [0.1, 0.15) is 19.8 Å². The summed E-state index contributed by atoms with van der Waals surface area (Å²) in [6.45, 7) is 6.68. The summed E-state index contributed by atoms with van der Waals surface area (Å²) in [5, 5.41) is 3.36. The van der Waals surface area contributed by atoms with Crippen LogP contribution in [0.15, 0.2) is 0 Å². The molecule has 1 aliphatic heterocycles. The summed E-state index contributed by atoms with van der Waals surface area (Å²) in [6, 6.07) is 0. The van der Waals surface area contributed by atoms with Gasteiger partial charge in [-0.25, -0.2) is 0 Å². The topological polar surface area (TPSA) is 30.5 Å². The number of nitrogens with one attached hydrogen (secondary N) is 1. The minimum atomic E-state index is 0.526. The van der Waals surface area contributed by atoms with E-state index >= 15 is 0 Å². The summed E-state index contributed by atoms with van der Waals surface area (Å²) in [6.07, 6.45) is 3.03. The van der Waals surface area contributed by atoms with Crippen LogP contribution in [0, 0.1) is 0 Å². The zero-order valence-corrected chi connectivity index (χ0v) is 10.5. The molecule has 1 N–H and O–H groups in total. The van der Waals surface area contributed by atoms with E-state index in [0.29, 0.717) is 6.10 Å². The first kappa shape index (κ1) is 13.3. The lowest BCUT2D eigenvalue weighted by atomic mass is 10.3. The maximum Gasteiger partial charge on any atom is 0.0666 e. The van der Waals surface area contributed by atoms with Crippen molar-refractivity contribution in [3.63, 3.8) is 0 Å². The van der Waals surface area contributed by atoms with E-state index in [9.17, 15) is 0 Å². The van der Waals surface area contributed by atoms with Gasteiger partial charge in [-0.05, 0) is 19.8 Å². The first-order valence-corrected chi connectivity index (χ1v) is 7.06. The number of rotatable bonds is 9. The molecule has 3 nitrogen and oxygen atoms in total. The quantitative estimate of drug-likeness (QED) is 0.612. The molecule has 1 rings (SSSR count). The first-order chi connectivity index (χ1) is 7.43. The lowest BCUT2D eigenvalue weighted by Crippen LogP contribution is -2.22. The summed E-state index contributed by atoms with van der Waals surface area (Å²) in [7, 11) is 0. The van der Waals surface area contributed by atoms with E-state index in [1.54, 1.807) is 0 Å². The van der Waals surface area contributed by atoms with Gasteiger partial charge in [-0.2, -0.15) is 11.8 Å². The molecule has 0 bridgehead atoms. The zero-order chi connectivity index (χ0) is 10.8. The van der Waals surface area contributed by atoms with Crippen molar-refractivity contribution in [3.05, 3.63) is 0 Å². The Morgan fingerprint density at radius 1 is 1.47 bits per heavy atom. The molecule has 0 aromatic rings. The second-order valence-corrected chi connectivity index (χ2v) is 4.81. The predicted molar refractivity (Wildman–Crippen MR) is 65.7 cm³/mol. The van der Waals surface area contributed by atoms with Crippen molar-refractivity contribution >= 4 is 11.8 Å². The van der Waals surface area contributed by atoms with Gasteiger partial charge in [0.2, 0.25) is 0 Å². The van der Waals surface area contributed by atoms with E-state index in [0.717, 1.165) is 38.7 Å². The number of hydrogen-bond acceptors (Lipinski definition) is 4. The summed E-state index contributed by atoms with van der Waals surface area (Å²) in [4.78, 5) is 0. The lowest BCUT2D eigenvalue weighted by Gasteiger charge is -2.09. The third-order valence-electron chi connectivity index (χ3n) is 2.38. The van der Waals surface area contributed by atoms with Gasteiger partial charge in [0.15, 0.2) is 0 Å². The molecule has 1 heterocycles. The standard InChI is InChI=1S/C11H23NO2S/c1-2-13-8-5-12-6-9-15-10-11-4-3-7-14-11/h11-12H,2-10H2,1H3. The van der Waals surface area contributed by atoms with Crippen LogP contribution in [-0.4, -0.2) is 50.5 Å². The van der Waals surface area contributed by atoms with Crippen LogP contribution in [0.5, 0.6) is 0 Å². The SMILES string of the molecule is CCOCCNCCSCC1CCCO1. The van der Waals surface area contributed by atoms with Gasteiger partial charge in [0.05, 0.1) is 12.7 Å². The van der Waals surface area contributed by atoms with Crippen molar-refractivity contribution < 1.29 is 9.47 Å². The second kappa shape index (κ2) is 9.46. The molecular weight excluding hydrogens is 210 g/mol. The van der Waals surface area contributed by atoms with Crippen molar-refractivity contribution in [1.82, 2.24) is 5.32 Å². The Morgan fingerprint density at radius 3 is 3.13 bits per heavy atom. The van der Waals surface area contributed by atoms with E-state index in [-0.39, 0.29) is 0 Å². The Bertz CT molecular complexity index is 141. The normalized spacial score (nSPS) is 21.0. The molecule has 0 spiro atoms. The Hall–Kier alpha value is 0.230.